The zero-order chi connectivity index (χ0) is 19.4. The van der Waals surface area contributed by atoms with E-state index in [1.54, 1.807) is 30.3 Å². The van der Waals surface area contributed by atoms with E-state index in [9.17, 15) is 9.59 Å². The van der Waals surface area contributed by atoms with Crippen molar-refractivity contribution in [2.45, 2.75) is 13.0 Å². The molecule has 0 fully saturated rings. The number of hydrogen-bond acceptors (Lipinski definition) is 6. The van der Waals surface area contributed by atoms with Gasteiger partial charge in [0.25, 0.3) is 5.91 Å². The summed E-state index contributed by atoms with van der Waals surface area (Å²) < 4.78 is 5.89. The van der Waals surface area contributed by atoms with Crippen molar-refractivity contribution in [2.75, 3.05) is 4.90 Å². The molecular weight excluding hydrogens is 398 g/mol. The second-order valence-electron chi connectivity index (χ2n) is 6.53. The van der Waals surface area contributed by atoms with Crippen molar-refractivity contribution in [3.63, 3.8) is 0 Å². The lowest BCUT2D eigenvalue weighted by Gasteiger charge is -2.22. The Bertz CT molecular complexity index is 1300. The maximum atomic E-state index is 13.4. The van der Waals surface area contributed by atoms with Crippen LogP contribution in [0, 0.1) is 6.92 Å². The van der Waals surface area contributed by atoms with E-state index in [-0.39, 0.29) is 11.2 Å². The molecule has 1 aliphatic rings. The Morgan fingerprint density at radius 1 is 1.18 bits per heavy atom. The van der Waals surface area contributed by atoms with Crippen molar-refractivity contribution in [3.8, 4) is 0 Å². The second kappa shape index (κ2) is 6.25. The van der Waals surface area contributed by atoms with Crippen LogP contribution in [0.15, 0.2) is 57.2 Å². The third kappa shape index (κ3) is 2.47. The van der Waals surface area contributed by atoms with Gasteiger partial charge in [0.05, 0.1) is 17.0 Å². The third-order valence-electron chi connectivity index (χ3n) is 4.74. The number of benzene rings is 2. The van der Waals surface area contributed by atoms with E-state index in [0.29, 0.717) is 32.3 Å². The smallest absolute Gasteiger partial charge is 0.297 e. The van der Waals surface area contributed by atoms with E-state index in [1.807, 2.05) is 19.1 Å². The Morgan fingerprint density at radius 2 is 2.04 bits per heavy atom. The molecule has 1 aliphatic heterocycles. The number of carbonyl (C=O) groups excluding carboxylic acids is 1. The molecule has 1 amide bonds. The maximum absolute atomic E-state index is 13.4. The van der Waals surface area contributed by atoms with Gasteiger partial charge in [0.2, 0.25) is 10.9 Å². The standard InChI is InChI=1S/C20H12ClN3O3S/c1-10-5-6-14-13(7-10)17(25)15-16(11-3-2-4-12(21)8-11)24(19(26)18(15)27-14)20-23-22-9-28-20/h2-9,16H,1H3/t16-/m1/s1. The molecule has 0 saturated heterocycles. The predicted octanol–water partition coefficient (Wildman–Crippen LogP) is 4.36. The van der Waals surface area contributed by atoms with E-state index < -0.39 is 11.9 Å². The number of halogens is 1. The lowest BCUT2D eigenvalue weighted by atomic mass is 9.98. The maximum Gasteiger partial charge on any atom is 0.297 e. The Labute approximate surface area is 168 Å². The first-order valence-corrected chi connectivity index (χ1v) is 9.73. The van der Waals surface area contributed by atoms with Crippen LogP contribution in [0.5, 0.6) is 0 Å². The van der Waals surface area contributed by atoms with Crippen LogP contribution in [0.1, 0.15) is 33.3 Å². The first-order chi connectivity index (χ1) is 13.5. The van der Waals surface area contributed by atoms with Crippen molar-refractivity contribution in [3.05, 3.63) is 85.7 Å². The van der Waals surface area contributed by atoms with Gasteiger partial charge in [-0.1, -0.05) is 46.7 Å². The fourth-order valence-electron chi connectivity index (χ4n) is 3.55. The SMILES string of the molecule is Cc1ccc2oc3c(c(=O)c2c1)[C@@H](c1cccc(Cl)c1)N(c1nncs1)C3=O. The Hall–Kier alpha value is -3.03. The summed E-state index contributed by atoms with van der Waals surface area (Å²) in [7, 11) is 0. The second-order valence-corrected chi connectivity index (χ2v) is 7.78. The van der Waals surface area contributed by atoms with E-state index >= 15 is 0 Å². The fourth-order valence-corrected chi connectivity index (χ4v) is 4.33. The molecule has 8 heteroatoms. The highest BCUT2D eigenvalue weighted by molar-refractivity contribution is 7.13. The zero-order valence-corrected chi connectivity index (χ0v) is 16.1. The number of fused-ring (bicyclic) bond motifs is 2. The molecule has 0 aliphatic carbocycles. The Kier molecular flexibility index (Phi) is 3.82. The minimum Gasteiger partial charge on any atom is -0.450 e. The molecule has 0 spiro atoms. The van der Waals surface area contributed by atoms with E-state index in [2.05, 4.69) is 10.2 Å². The van der Waals surface area contributed by atoms with Gasteiger partial charge in [-0.3, -0.25) is 14.5 Å². The van der Waals surface area contributed by atoms with Crippen LogP contribution in [0.2, 0.25) is 5.02 Å². The largest absolute Gasteiger partial charge is 0.450 e. The molecule has 28 heavy (non-hydrogen) atoms. The van der Waals surface area contributed by atoms with Crippen molar-refractivity contribution in [1.82, 2.24) is 10.2 Å². The lowest BCUT2D eigenvalue weighted by Crippen LogP contribution is -2.29. The molecule has 0 bridgehead atoms. The molecule has 0 unspecified atom stereocenters. The van der Waals surface area contributed by atoms with Crippen molar-refractivity contribution in [2.24, 2.45) is 0 Å². The van der Waals surface area contributed by atoms with Gasteiger partial charge in [-0.05, 0) is 36.8 Å². The molecule has 5 rings (SSSR count). The summed E-state index contributed by atoms with van der Waals surface area (Å²) in [6, 6.07) is 11.7. The lowest BCUT2D eigenvalue weighted by molar-refractivity contribution is 0.0970. The molecule has 0 radical (unpaired) electrons. The summed E-state index contributed by atoms with van der Waals surface area (Å²) in [6.45, 7) is 1.90. The molecule has 2 aromatic carbocycles. The molecule has 4 aromatic rings. The van der Waals surface area contributed by atoms with E-state index in [0.717, 1.165) is 5.56 Å². The quantitative estimate of drug-likeness (QED) is 0.491. The summed E-state index contributed by atoms with van der Waals surface area (Å²) in [4.78, 5) is 28.1. The van der Waals surface area contributed by atoms with Crippen LogP contribution in [0.4, 0.5) is 5.13 Å². The van der Waals surface area contributed by atoms with Gasteiger partial charge in [0.1, 0.15) is 11.1 Å². The fraction of sp³-hybridized carbons (Fsp3) is 0.100. The average molecular weight is 410 g/mol. The summed E-state index contributed by atoms with van der Waals surface area (Å²) in [6.07, 6.45) is 0. The van der Waals surface area contributed by atoms with Crippen molar-refractivity contribution >= 4 is 44.9 Å². The highest BCUT2D eigenvalue weighted by Gasteiger charge is 2.45. The molecule has 1 atom stereocenters. The van der Waals surface area contributed by atoms with Crippen LogP contribution >= 0.6 is 22.9 Å². The molecule has 3 heterocycles. The number of carbonyl (C=O) groups is 1. The summed E-state index contributed by atoms with van der Waals surface area (Å²) in [5, 5.41) is 9.22. The minimum atomic E-state index is -0.685. The number of rotatable bonds is 2. The number of amides is 1. The predicted molar refractivity (Wildman–Crippen MR) is 107 cm³/mol. The number of anilines is 1. The van der Waals surface area contributed by atoms with Gasteiger partial charge in [-0.15, -0.1) is 10.2 Å². The van der Waals surface area contributed by atoms with Crippen molar-refractivity contribution < 1.29 is 9.21 Å². The first kappa shape index (κ1) is 17.1. The van der Waals surface area contributed by atoms with Crippen LogP contribution in [-0.2, 0) is 0 Å². The highest BCUT2D eigenvalue weighted by atomic mass is 35.5. The van der Waals surface area contributed by atoms with E-state index in [4.69, 9.17) is 16.0 Å². The summed E-state index contributed by atoms with van der Waals surface area (Å²) in [5.41, 5.74) is 3.62. The molecular formula is C20H12ClN3O3S. The first-order valence-electron chi connectivity index (χ1n) is 8.47. The molecule has 138 valence electrons. The van der Waals surface area contributed by atoms with Crippen LogP contribution in [-0.4, -0.2) is 16.1 Å². The van der Waals surface area contributed by atoms with Gasteiger partial charge in [0.15, 0.2) is 5.43 Å². The minimum absolute atomic E-state index is 0.0292. The number of aromatic nitrogens is 2. The van der Waals surface area contributed by atoms with Crippen LogP contribution in [0.25, 0.3) is 11.0 Å². The Morgan fingerprint density at radius 3 is 2.79 bits per heavy atom. The average Bonchev–Trinajstić information content (AvgIpc) is 3.29. The topological polar surface area (TPSA) is 76.3 Å². The van der Waals surface area contributed by atoms with Gasteiger partial charge < -0.3 is 4.42 Å². The van der Waals surface area contributed by atoms with Gasteiger partial charge >= 0.3 is 0 Å². The monoisotopic (exact) mass is 409 g/mol. The molecule has 6 nitrogen and oxygen atoms in total. The molecule has 2 aromatic heterocycles. The number of hydrogen-bond donors (Lipinski definition) is 0. The third-order valence-corrected chi connectivity index (χ3v) is 5.67. The zero-order valence-electron chi connectivity index (χ0n) is 14.5. The number of nitrogens with zero attached hydrogens (tertiary/aromatic N) is 3. The van der Waals surface area contributed by atoms with Crippen molar-refractivity contribution in [1.29, 1.82) is 0 Å². The van der Waals surface area contributed by atoms with Gasteiger partial charge in [-0.2, -0.15) is 0 Å². The molecule has 0 N–H and O–H groups in total. The van der Waals surface area contributed by atoms with E-state index in [1.165, 1.54) is 21.7 Å². The van der Waals surface area contributed by atoms with Gasteiger partial charge in [-0.25, -0.2) is 0 Å². The summed E-state index contributed by atoms with van der Waals surface area (Å²) in [5.74, 6) is -0.391. The van der Waals surface area contributed by atoms with Crippen LogP contribution in [0.3, 0.4) is 0 Å². The number of aryl methyl sites for hydroxylation is 1. The van der Waals surface area contributed by atoms with Crippen LogP contribution < -0.4 is 10.3 Å². The molecule has 0 saturated carbocycles. The normalized spacial score (nSPS) is 16.0. The highest BCUT2D eigenvalue weighted by Crippen LogP contribution is 2.41. The van der Waals surface area contributed by atoms with Gasteiger partial charge in [0, 0.05) is 5.02 Å². The Balaban J connectivity index is 1.85. The summed E-state index contributed by atoms with van der Waals surface area (Å²) >= 11 is 7.40.